The van der Waals surface area contributed by atoms with Gasteiger partial charge in [-0.15, -0.1) is 34.0 Å². The van der Waals surface area contributed by atoms with Crippen molar-refractivity contribution in [2.75, 3.05) is 0 Å². The van der Waals surface area contributed by atoms with Crippen LogP contribution in [0.25, 0.3) is 0 Å². The van der Waals surface area contributed by atoms with E-state index in [1.54, 1.807) is 0 Å². The average Bonchev–Trinajstić information content (AvgIpc) is 2.86. The van der Waals surface area contributed by atoms with Gasteiger partial charge in [0, 0.05) is 0 Å². The van der Waals surface area contributed by atoms with Crippen molar-refractivity contribution >= 4 is 34.0 Å². The first-order valence-corrected chi connectivity index (χ1v) is 9.04. The first-order valence-electron chi connectivity index (χ1n) is 7.62. The van der Waals surface area contributed by atoms with Crippen LogP contribution in [0.3, 0.4) is 0 Å². The monoisotopic (exact) mass is 478 g/mol. The summed E-state index contributed by atoms with van der Waals surface area (Å²) in [4.78, 5) is 0. The number of hydrogen-bond acceptors (Lipinski definition) is 1. The Hall–Kier alpha value is 0.174. The summed E-state index contributed by atoms with van der Waals surface area (Å²) in [5.41, 5.74) is 2.85. The first kappa shape index (κ1) is 23.2. The molecule has 2 rings (SSSR count). The van der Waals surface area contributed by atoms with Crippen molar-refractivity contribution in [3.05, 3.63) is 51.4 Å². The van der Waals surface area contributed by atoms with Crippen LogP contribution >= 0.6 is 34.0 Å². The van der Waals surface area contributed by atoms with Crippen LogP contribution in [-0.4, -0.2) is 0 Å². The molecular formula is C19H28Br2OTi. The van der Waals surface area contributed by atoms with Crippen molar-refractivity contribution < 1.29 is 22.9 Å². The maximum absolute atomic E-state index is 6.42. The quantitative estimate of drug-likeness (QED) is 0.440. The number of allylic oxidation sites excluding steroid dienone is 4. The molecule has 23 heavy (non-hydrogen) atoms. The second-order valence-corrected chi connectivity index (χ2v) is 9.35. The van der Waals surface area contributed by atoms with Gasteiger partial charge in [0.15, 0.2) is 0 Å². The normalized spacial score (nSPS) is 13.7. The van der Waals surface area contributed by atoms with E-state index in [0.717, 1.165) is 12.2 Å². The Morgan fingerprint density at radius 1 is 0.913 bits per heavy atom. The molecule has 0 heterocycles. The SMILES string of the molecule is Br.Br.CC(C)(C)c1cccc(C(C)(C)C)c1[O][Ti][C]1=CC=CC1. The van der Waals surface area contributed by atoms with Crippen molar-refractivity contribution in [1.29, 1.82) is 0 Å². The Kier molecular flexibility index (Phi) is 9.10. The van der Waals surface area contributed by atoms with Gasteiger partial charge in [0.2, 0.25) is 0 Å². The molecule has 4 heteroatoms. The van der Waals surface area contributed by atoms with E-state index in [-0.39, 0.29) is 44.8 Å². The minimum atomic E-state index is -0.535. The zero-order valence-electron chi connectivity index (χ0n) is 14.9. The summed E-state index contributed by atoms with van der Waals surface area (Å²) in [6.45, 7) is 13.6. The van der Waals surface area contributed by atoms with E-state index < -0.39 is 19.5 Å². The molecular weight excluding hydrogens is 452 g/mol. The molecule has 0 amide bonds. The first-order chi connectivity index (χ1) is 9.69. The van der Waals surface area contributed by atoms with Crippen molar-refractivity contribution in [1.82, 2.24) is 0 Å². The van der Waals surface area contributed by atoms with E-state index in [2.05, 4.69) is 78.0 Å². The van der Waals surface area contributed by atoms with E-state index in [9.17, 15) is 0 Å². The molecule has 0 aromatic heterocycles. The van der Waals surface area contributed by atoms with Gasteiger partial charge < -0.3 is 0 Å². The molecule has 0 bridgehead atoms. The topological polar surface area (TPSA) is 9.23 Å². The zero-order chi connectivity index (χ0) is 15.7. The molecule has 0 fully saturated rings. The molecule has 0 spiro atoms. The van der Waals surface area contributed by atoms with E-state index in [1.165, 1.54) is 15.0 Å². The molecule has 0 atom stereocenters. The molecule has 1 nitrogen and oxygen atoms in total. The van der Waals surface area contributed by atoms with Gasteiger partial charge in [-0.1, -0.05) is 0 Å². The van der Waals surface area contributed by atoms with Crippen molar-refractivity contribution in [3.63, 3.8) is 0 Å². The van der Waals surface area contributed by atoms with Gasteiger partial charge in [-0.3, -0.25) is 0 Å². The fourth-order valence-electron chi connectivity index (χ4n) is 2.47. The van der Waals surface area contributed by atoms with Crippen LogP contribution in [0.1, 0.15) is 59.1 Å². The third-order valence-electron chi connectivity index (χ3n) is 3.69. The average molecular weight is 480 g/mol. The number of rotatable bonds is 3. The number of halogens is 2. The molecule has 1 aliphatic rings. The van der Waals surface area contributed by atoms with Crippen LogP contribution in [-0.2, 0) is 30.4 Å². The molecule has 0 radical (unpaired) electrons. The van der Waals surface area contributed by atoms with E-state index in [0.29, 0.717) is 0 Å². The Morgan fingerprint density at radius 3 is 1.83 bits per heavy atom. The summed E-state index contributed by atoms with van der Waals surface area (Å²) in [7, 11) is 0. The fraction of sp³-hybridized carbons (Fsp3) is 0.474. The summed E-state index contributed by atoms with van der Waals surface area (Å²) in [5, 5.41) is 0. The minimum absolute atomic E-state index is 0. The molecule has 1 aliphatic carbocycles. The second-order valence-electron chi connectivity index (χ2n) is 7.71. The van der Waals surface area contributed by atoms with Gasteiger partial charge in [0.1, 0.15) is 0 Å². The van der Waals surface area contributed by atoms with Gasteiger partial charge in [0.05, 0.1) is 0 Å². The van der Waals surface area contributed by atoms with E-state index >= 15 is 0 Å². The number of hydrogen-bond donors (Lipinski definition) is 0. The maximum atomic E-state index is 6.42. The van der Waals surface area contributed by atoms with Crippen LogP contribution in [0, 0.1) is 0 Å². The van der Waals surface area contributed by atoms with Crippen LogP contribution in [0.4, 0.5) is 0 Å². The van der Waals surface area contributed by atoms with Gasteiger partial charge in [-0.2, -0.15) is 0 Å². The Labute approximate surface area is 171 Å². The van der Waals surface area contributed by atoms with Gasteiger partial charge in [-0.05, 0) is 0 Å². The molecule has 0 aliphatic heterocycles. The van der Waals surface area contributed by atoms with Crippen molar-refractivity contribution in [2.24, 2.45) is 0 Å². The van der Waals surface area contributed by atoms with Gasteiger partial charge >= 0.3 is 139 Å². The van der Waals surface area contributed by atoms with Crippen LogP contribution < -0.4 is 3.32 Å². The molecule has 1 aromatic rings. The number of benzene rings is 1. The molecule has 128 valence electrons. The summed E-state index contributed by atoms with van der Waals surface area (Å²) in [6.07, 6.45) is 7.64. The summed E-state index contributed by atoms with van der Waals surface area (Å²) in [5.74, 6) is 1.13. The molecule has 0 saturated heterocycles. The third kappa shape index (κ3) is 6.19. The zero-order valence-corrected chi connectivity index (χ0v) is 19.9. The Morgan fingerprint density at radius 2 is 1.43 bits per heavy atom. The van der Waals surface area contributed by atoms with Gasteiger partial charge in [0.25, 0.3) is 0 Å². The van der Waals surface area contributed by atoms with Crippen LogP contribution in [0.5, 0.6) is 5.75 Å². The van der Waals surface area contributed by atoms with E-state index in [4.69, 9.17) is 3.32 Å². The Bertz CT molecular complexity index is 546. The predicted octanol–water partition coefficient (Wildman–Crippen LogP) is 6.66. The molecule has 0 saturated carbocycles. The van der Waals surface area contributed by atoms with E-state index in [1.807, 2.05) is 0 Å². The molecule has 0 N–H and O–H groups in total. The fourth-order valence-corrected chi connectivity index (χ4v) is 3.75. The summed E-state index contributed by atoms with van der Waals surface area (Å²) < 4.78 is 7.89. The summed E-state index contributed by atoms with van der Waals surface area (Å²) >= 11 is -0.535. The molecule has 0 unspecified atom stereocenters. The Balaban J connectivity index is 0.00000242. The third-order valence-corrected chi connectivity index (χ3v) is 5.15. The number of para-hydroxylation sites is 1. The standard InChI is InChI=1S/C14H22O.C5H5.2BrH.Ti/c1-13(2,3)10-8-7-9-11(12(10)15)14(4,5)6;1-2-4-5-3-1;;;/h7-9,15H,1-6H3;1-3H,4H2;2*1H;/q;;;;+1/p-1. The predicted molar refractivity (Wildman–Crippen MR) is 107 cm³/mol. The summed E-state index contributed by atoms with van der Waals surface area (Å²) in [6, 6.07) is 6.61. The van der Waals surface area contributed by atoms with Crippen molar-refractivity contribution in [2.45, 2.75) is 58.8 Å². The van der Waals surface area contributed by atoms with Crippen LogP contribution in [0.15, 0.2) is 40.3 Å². The van der Waals surface area contributed by atoms with Crippen molar-refractivity contribution in [3.8, 4) is 5.75 Å². The van der Waals surface area contributed by atoms with Gasteiger partial charge in [-0.25, -0.2) is 0 Å². The second kappa shape index (κ2) is 9.03. The molecule has 1 aromatic carbocycles. The van der Waals surface area contributed by atoms with Crippen LogP contribution in [0.2, 0.25) is 0 Å².